The highest BCUT2D eigenvalue weighted by molar-refractivity contribution is 6.80. The quantitative estimate of drug-likeness (QED) is 0.430. The summed E-state index contributed by atoms with van der Waals surface area (Å²) >= 11 is 4.64. The van der Waals surface area contributed by atoms with E-state index >= 15 is 0 Å². The molecule has 4 heteroatoms. The Kier molecular flexibility index (Phi) is 7.52. The van der Waals surface area contributed by atoms with E-state index in [9.17, 15) is 0 Å². The van der Waals surface area contributed by atoms with Crippen molar-refractivity contribution < 1.29 is 9.47 Å². The van der Waals surface area contributed by atoms with Crippen molar-refractivity contribution in [1.82, 2.24) is 0 Å². The summed E-state index contributed by atoms with van der Waals surface area (Å²) < 4.78 is 9.89. The molecule has 0 atom stereocenters. The summed E-state index contributed by atoms with van der Waals surface area (Å²) in [4.78, 5) is 0. The number of hydrogen-bond acceptors (Lipinski definition) is 2. The van der Waals surface area contributed by atoms with Crippen molar-refractivity contribution in [2.24, 2.45) is 0 Å². The van der Waals surface area contributed by atoms with E-state index in [2.05, 4.69) is 11.5 Å². The molecule has 0 radical (unpaired) electrons. The monoisotopic (exact) mass is 136 g/mol. The zero-order valence-electron chi connectivity index (χ0n) is 5.02. The maximum atomic E-state index is 4.94. The van der Waals surface area contributed by atoms with E-state index in [1.807, 2.05) is 0 Å². The third-order valence-electron chi connectivity index (χ3n) is 0.744. The van der Waals surface area contributed by atoms with Crippen LogP contribution in [0.4, 0.5) is 0 Å². The van der Waals surface area contributed by atoms with E-state index in [-0.39, 0.29) is 0 Å². The number of halogens is 1. The minimum atomic E-state index is 0.778. The molecule has 0 amide bonds. The van der Waals surface area contributed by atoms with Crippen molar-refractivity contribution >= 4 is 18.7 Å². The van der Waals surface area contributed by atoms with Gasteiger partial charge in [-0.05, 0) is 0 Å². The van der Waals surface area contributed by atoms with E-state index in [0.717, 1.165) is 26.4 Å². The topological polar surface area (TPSA) is 18.5 Å². The molecule has 0 aromatic carbocycles. The highest BCUT2D eigenvalue weighted by Gasteiger charge is 1.94. The maximum absolute atomic E-state index is 4.94. The second-order valence-electron chi connectivity index (χ2n) is 1.22. The molecule has 1 heterocycles. The van der Waals surface area contributed by atoms with Gasteiger partial charge in [0, 0.05) is 0 Å². The maximum Gasteiger partial charge on any atom is 0.215 e. The molecule has 0 aromatic heterocycles. The van der Waals surface area contributed by atoms with Crippen LogP contribution < -0.4 is 0 Å². The van der Waals surface area contributed by atoms with Crippen LogP contribution in [0.1, 0.15) is 0 Å². The standard InChI is InChI=1S/C4H8O2.BClH2/c1-2-6-4-3-5-1;1-2/h1-4H2;1H2. The Hall–Kier alpha value is 0.275. The third-order valence-corrected chi connectivity index (χ3v) is 0.744. The van der Waals surface area contributed by atoms with Gasteiger partial charge in [0.2, 0.25) is 7.26 Å². The van der Waals surface area contributed by atoms with Gasteiger partial charge in [-0.15, -0.1) is 0 Å². The Bertz CT molecular complexity index is 29.5. The fraction of sp³-hybridized carbons (Fsp3) is 1.00. The third kappa shape index (κ3) is 4.43. The van der Waals surface area contributed by atoms with Crippen LogP contribution >= 0.6 is 11.5 Å². The first kappa shape index (κ1) is 8.27. The number of ether oxygens (including phenoxy) is 2. The zero-order chi connectivity index (χ0) is 6.24. The van der Waals surface area contributed by atoms with Crippen molar-refractivity contribution in [3.8, 4) is 0 Å². The molecule has 48 valence electrons. The fourth-order valence-corrected chi connectivity index (χ4v) is 0.440. The molecule has 1 aliphatic heterocycles. The van der Waals surface area contributed by atoms with Crippen LogP contribution in [0.3, 0.4) is 0 Å². The molecule has 8 heavy (non-hydrogen) atoms. The summed E-state index contributed by atoms with van der Waals surface area (Å²) in [5.74, 6) is 0. The Balaban J connectivity index is 0.000000222. The predicted molar refractivity (Wildman–Crippen MR) is 36.0 cm³/mol. The molecule has 0 aliphatic carbocycles. The van der Waals surface area contributed by atoms with Crippen LogP contribution in [0.2, 0.25) is 0 Å². The molecule has 0 spiro atoms. The van der Waals surface area contributed by atoms with Crippen LogP contribution in [-0.4, -0.2) is 33.7 Å². The average Bonchev–Trinajstić information content (AvgIpc) is 1.96. The lowest BCUT2D eigenvalue weighted by Gasteiger charge is -2.09. The molecule has 2 nitrogen and oxygen atoms in total. The Labute approximate surface area is 55.4 Å². The predicted octanol–water partition coefficient (Wildman–Crippen LogP) is -0.194. The Morgan fingerprint density at radius 3 is 1.25 bits per heavy atom. The largest absolute Gasteiger partial charge is 0.377 e. The summed E-state index contributed by atoms with van der Waals surface area (Å²) in [6.07, 6.45) is 0. The van der Waals surface area contributed by atoms with Crippen LogP contribution in [0.5, 0.6) is 0 Å². The highest BCUT2D eigenvalue weighted by Crippen LogP contribution is 1.85. The van der Waals surface area contributed by atoms with Crippen molar-refractivity contribution in [1.29, 1.82) is 0 Å². The smallest absolute Gasteiger partial charge is 0.215 e. The molecule has 1 rings (SSSR count). The van der Waals surface area contributed by atoms with Gasteiger partial charge in [0.1, 0.15) is 0 Å². The normalized spacial score (nSPS) is 18.6. The van der Waals surface area contributed by atoms with E-state index in [4.69, 9.17) is 9.47 Å². The molecule has 0 unspecified atom stereocenters. The van der Waals surface area contributed by atoms with Crippen molar-refractivity contribution in [3.05, 3.63) is 0 Å². The van der Waals surface area contributed by atoms with Crippen molar-refractivity contribution in [2.45, 2.75) is 0 Å². The average molecular weight is 136 g/mol. The zero-order valence-corrected chi connectivity index (χ0v) is 5.78. The number of rotatable bonds is 0. The first-order valence-electron chi connectivity index (χ1n) is 2.53. The first-order chi connectivity index (χ1) is 4.00. The first-order valence-corrected chi connectivity index (χ1v) is 3.29. The van der Waals surface area contributed by atoms with Gasteiger partial charge in [-0.2, -0.15) is 0 Å². The van der Waals surface area contributed by atoms with Crippen molar-refractivity contribution in [3.63, 3.8) is 0 Å². The van der Waals surface area contributed by atoms with Gasteiger partial charge in [0.15, 0.2) is 0 Å². The van der Waals surface area contributed by atoms with Gasteiger partial charge in [-0.25, -0.2) is 11.5 Å². The minimum absolute atomic E-state index is 0.778. The summed E-state index contributed by atoms with van der Waals surface area (Å²) in [5, 5.41) is 0. The lowest BCUT2D eigenvalue weighted by Crippen LogP contribution is -2.16. The molecule has 0 N–H and O–H groups in total. The molecule has 1 aliphatic rings. The van der Waals surface area contributed by atoms with Gasteiger partial charge in [-0.1, -0.05) is 0 Å². The van der Waals surface area contributed by atoms with Crippen LogP contribution in [-0.2, 0) is 9.47 Å². The Morgan fingerprint density at radius 2 is 1.12 bits per heavy atom. The van der Waals surface area contributed by atoms with E-state index in [1.165, 1.54) is 7.26 Å². The minimum Gasteiger partial charge on any atom is -0.377 e. The molecular formula is C4H10BClO2. The summed E-state index contributed by atoms with van der Waals surface area (Å²) in [7, 11) is 1.47. The molecule has 0 bridgehead atoms. The lowest BCUT2D eigenvalue weighted by molar-refractivity contribution is -0.0334. The van der Waals surface area contributed by atoms with Gasteiger partial charge < -0.3 is 9.47 Å². The van der Waals surface area contributed by atoms with Crippen LogP contribution in [0, 0.1) is 0 Å². The second kappa shape index (κ2) is 7.27. The number of hydrogen-bond donors (Lipinski definition) is 0. The molecule has 0 aromatic rings. The molecule has 1 fully saturated rings. The van der Waals surface area contributed by atoms with E-state index in [0.29, 0.717) is 0 Å². The summed E-state index contributed by atoms with van der Waals surface area (Å²) in [5.41, 5.74) is 0. The lowest BCUT2D eigenvalue weighted by atomic mass is 10.6. The Morgan fingerprint density at radius 1 is 0.875 bits per heavy atom. The van der Waals surface area contributed by atoms with E-state index < -0.39 is 0 Å². The molecule has 0 saturated carbocycles. The van der Waals surface area contributed by atoms with Gasteiger partial charge in [0.25, 0.3) is 0 Å². The second-order valence-corrected chi connectivity index (χ2v) is 1.22. The van der Waals surface area contributed by atoms with Gasteiger partial charge in [0.05, 0.1) is 26.4 Å². The van der Waals surface area contributed by atoms with Gasteiger partial charge in [-0.3, -0.25) is 0 Å². The SMILES string of the molecule is BCl.C1COCCO1. The summed E-state index contributed by atoms with van der Waals surface area (Å²) in [6, 6.07) is 0. The molecular weight excluding hydrogens is 126 g/mol. The van der Waals surface area contributed by atoms with E-state index in [1.54, 1.807) is 0 Å². The highest BCUT2D eigenvalue weighted by atomic mass is 35.5. The summed E-state index contributed by atoms with van der Waals surface area (Å²) in [6.45, 7) is 3.11. The fourth-order valence-electron chi connectivity index (χ4n) is 0.440. The van der Waals surface area contributed by atoms with Crippen LogP contribution in [0.25, 0.3) is 0 Å². The van der Waals surface area contributed by atoms with Crippen molar-refractivity contribution in [2.75, 3.05) is 26.4 Å². The molecule has 1 saturated heterocycles. The van der Waals surface area contributed by atoms with Crippen LogP contribution in [0.15, 0.2) is 0 Å². The van der Waals surface area contributed by atoms with Gasteiger partial charge >= 0.3 is 0 Å².